The number of anilines is 2. The highest BCUT2D eigenvalue weighted by atomic mass is 32.2. The third kappa shape index (κ3) is 3.28. The van der Waals surface area contributed by atoms with E-state index >= 15 is 0 Å². The number of hydrogen-bond acceptors (Lipinski definition) is 4. The zero-order chi connectivity index (χ0) is 17.3. The van der Waals surface area contributed by atoms with Gasteiger partial charge in [-0.2, -0.15) is 5.10 Å². The molecule has 3 rings (SSSR count). The molecule has 1 aliphatic heterocycles. The van der Waals surface area contributed by atoms with Crippen molar-refractivity contribution in [2.45, 2.75) is 37.5 Å². The molecular weight excluding hydrogens is 328 g/mol. The van der Waals surface area contributed by atoms with Gasteiger partial charge in [-0.05, 0) is 43.0 Å². The van der Waals surface area contributed by atoms with Crippen LogP contribution in [0.15, 0.2) is 29.3 Å². The molecule has 0 aliphatic carbocycles. The molecule has 0 radical (unpaired) electrons. The minimum atomic E-state index is -3.71. The number of rotatable bonds is 4. The van der Waals surface area contributed by atoms with Crippen molar-refractivity contribution in [1.29, 1.82) is 0 Å². The van der Waals surface area contributed by atoms with E-state index in [9.17, 15) is 13.2 Å². The molecule has 2 heterocycles. The van der Waals surface area contributed by atoms with E-state index in [4.69, 9.17) is 0 Å². The standard InChI is InChI=1S/C16H20N4O3S/c1-3-13-15(10-20(2)18-13)19-24(22,23)12-7-8-14-11(9-12)5-4-6-16(21)17-14/h7-10,19H,3-6H2,1-2H3,(H,17,21). The molecule has 0 atom stereocenters. The van der Waals surface area contributed by atoms with Crippen LogP contribution in [0.3, 0.4) is 0 Å². The first-order valence-electron chi connectivity index (χ1n) is 7.87. The molecule has 0 spiro atoms. The first-order chi connectivity index (χ1) is 11.4. The Hall–Kier alpha value is -2.35. The summed E-state index contributed by atoms with van der Waals surface area (Å²) in [6, 6.07) is 4.79. The summed E-state index contributed by atoms with van der Waals surface area (Å²) in [7, 11) is -1.96. The number of amides is 1. The van der Waals surface area contributed by atoms with E-state index in [2.05, 4.69) is 15.1 Å². The molecule has 2 N–H and O–H groups in total. The van der Waals surface area contributed by atoms with Crippen LogP contribution in [0.4, 0.5) is 11.4 Å². The van der Waals surface area contributed by atoms with Gasteiger partial charge in [0.25, 0.3) is 10.0 Å². The van der Waals surface area contributed by atoms with Crippen LogP contribution in [0, 0.1) is 0 Å². The van der Waals surface area contributed by atoms with E-state index in [0.29, 0.717) is 42.8 Å². The van der Waals surface area contributed by atoms with E-state index in [1.165, 1.54) is 6.07 Å². The largest absolute Gasteiger partial charge is 0.326 e. The topological polar surface area (TPSA) is 93.1 Å². The van der Waals surface area contributed by atoms with Gasteiger partial charge in [0, 0.05) is 25.4 Å². The second-order valence-electron chi connectivity index (χ2n) is 5.84. The summed E-state index contributed by atoms with van der Waals surface area (Å²) in [6.07, 6.45) is 4.11. The monoisotopic (exact) mass is 348 g/mol. The predicted molar refractivity (Wildman–Crippen MR) is 91.4 cm³/mol. The summed E-state index contributed by atoms with van der Waals surface area (Å²) >= 11 is 0. The third-order valence-electron chi connectivity index (χ3n) is 4.00. The van der Waals surface area contributed by atoms with Crippen molar-refractivity contribution in [2.24, 2.45) is 7.05 Å². The molecule has 1 aromatic carbocycles. The quantitative estimate of drug-likeness (QED) is 0.884. The van der Waals surface area contributed by atoms with Crippen molar-refractivity contribution >= 4 is 27.3 Å². The molecule has 2 aromatic rings. The van der Waals surface area contributed by atoms with E-state index in [1.54, 1.807) is 30.1 Å². The highest BCUT2D eigenvalue weighted by Gasteiger charge is 2.20. The normalized spacial score (nSPS) is 14.7. The Morgan fingerprint density at radius 1 is 1.33 bits per heavy atom. The van der Waals surface area contributed by atoms with Gasteiger partial charge in [0.1, 0.15) is 0 Å². The number of nitrogens with zero attached hydrogens (tertiary/aromatic N) is 2. The fourth-order valence-electron chi connectivity index (χ4n) is 2.80. The summed E-state index contributed by atoms with van der Waals surface area (Å²) in [5.74, 6) is -0.0366. The number of hydrogen-bond donors (Lipinski definition) is 2. The van der Waals surface area contributed by atoms with Gasteiger partial charge < -0.3 is 5.32 Å². The van der Waals surface area contributed by atoms with Crippen molar-refractivity contribution in [3.05, 3.63) is 35.7 Å². The molecule has 1 aliphatic rings. The second-order valence-corrected chi connectivity index (χ2v) is 7.53. The molecule has 1 amide bonds. The molecule has 0 fully saturated rings. The number of aromatic nitrogens is 2. The summed E-state index contributed by atoms with van der Waals surface area (Å²) in [6.45, 7) is 1.92. The van der Waals surface area contributed by atoms with Gasteiger partial charge in [0.05, 0.1) is 16.3 Å². The van der Waals surface area contributed by atoms with E-state index in [-0.39, 0.29) is 10.8 Å². The number of carbonyl (C=O) groups excluding carboxylic acids is 1. The second kappa shape index (κ2) is 6.27. The lowest BCUT2D eigenvalue weighted by Crippen LogP contribution is -2.14. The maximum atomic E-state index is 12.7. The predicted octanol–water partition coefficient (Wildman–Crippen LogP) is 2.06. The number of carbonyl (C=O) groups is 1. The summed E-state index contributed by atoms with van der Waals surface area (Å²) < 4.78 is 29.6. The Balaban J connectivity index is 1.92. The van der Waals surface area contributed by atoms with E-state index < -0.39 is 10.0 Å². The molecule has 0 saturated heterocycles. The van der Waals surface area contributed by atoms with Gasteiger partial charge in [-0.3, -0.25) is 14.2 Å². The van der Waals surface area contributed by atoms with Gasteiger partial charge in [-0.1, -0.05) is 6.92 Å². The van der Waals surface area contributed by atoms with Crippen LogP contribution in [0.1, 0.15) is 31.0 Å². The molecule has 7 nitrogen and oxygen atoms in total. The van der Waals surface area contributed by atoms with Crippen molar-refractivity contribution in [3.63, 3.8) is 0 Å². The van der Waals surface area contributed by atoms with Crippen LogP contribution in [-0.4, -0.2) is 24.1 Å². The highest BCUT2D eigenvalue weighted by Crippen LogP contribution is 2.26. The van der Waals surface area contributed by atoms with Crippen LogP contribution < -0.4 is 10.0 Å². The molecule has 8 heteroatoms. The maximum absolute atomic E-state index is 12.7. The number of aryl methyl sites for hydroxylation is 3. The van der Waals surface area contributed by atoms with Gasteiger partial charge >= 0.3 is 0 Å². The number of benzene rings is 1. The van der Waals surface area contributed by atoms with Crippen molar-refractivity contribution in [3.8, 4) is 0 Å². The van der Waals surface area contributed by atoms with Crippen LogP contribution in [0.5, 0.6) is 0 Å². The fourth-order valence-corrected chi connectivity index (χ4v) is 3.93. The lowest BCUT2D eigenvalue weighted by Gasteiger charge is -2.11. The van der Waals surface area contributed by atoms with Crippen molar-refractivity contribution in [1.82, 2.24) is 9.78 Å². The highest BCUT2D eigenvalue weighted by molar-refractivity contribution is 7.92. The van der Waals surface area contributed by atoms with Gasteiger partial charge in [0.15, 0.2) is 0 Å². The summed E-state index contributed by atoms with van der Waals surface area (Å²) in [5, 5.41) is 7.04. The Labute approximate surface area is 141 Å². The maximum Gasteiger partial charge on any atom is 0.262 e. The Bertz CT molecular complexity index is 887. The fraction of sp³-hybridized carbons (Fsp3) is 0.375. The molecule has 1 aromatic heterocycles. The van der Waals surface area contributed by atoms with Crippen molar-refractivity contribution < 1.29 is 13.2 Å². The molecule has 128 valence electrons. The summed E-state index contributed by atoms with van der Waals surface area (Å²) in [4.78, 5) is 11.8. The number of nitrogens with one attached hydrogen (secondary N) is 2. The van der Waals surface area contributed by atoms with Gasteiger partial charge in [0.2, 0.25) is 5.91 Å². The van der Waals surface area contributed by atoms with Crippen LogP contribution in [0.2, 0.25) is 0 Å². The average Bonchev–Trinajstić information content (AvgIpc) is 2.75. The lowest BCUT2D eigenvalue weighted by molar-refractivity contribution is -0.116. The van der Waals surface area contributed by atoms with Crippen LogP contribution in [-0.2, 0) is 34.7 Å². The van der Waals surface area contributed by atoms with Crippen molar-refractivity contribution in [2.75, 3.05) is 10.0 Å². The zero-order valence-electron chi connectivity index (χ0n) is 13.7. The summed E-state index contributed by atoms with van der Waals surface area (Å²) in [5.41, 5.74) is 2.71. The first kappa shape index (κ1) is 16.5. The third-order valence-corrected chi connectivity index (χ3v) is 5.36. The Kier molecular flexibility index (Phi) is 4.31. The van der Waals surface area contributed by atoms with E-state index in [0.717, 1.165) is 5.56 Å². The van der Waals surface area contributed by atoms with Crippen LogP contribution >= 0.6 is 0 Å². The van der Waals surface area contributed by atoms with E-state index in [1.807, 2.05) is 6.92 Å². The number of sulfonamides is 1. The minimum Gasteiger partial charge on any atom is -0.326 e. The number of fused-ring (bicyclic) bond motifs is 1. The molecule has 0 unspecified atom stereocenters. The first-order valence-corrected chi connectivity index (χ1v) is 9.35. The van der Waals surface area contributed by atoms with Crippen LogP contribution in [0.25, 0.3) is 0 Å². The van der Waals surface area contributed by atoms with Gasteiger partial charge in [-0.25, -0.2) is 8.42 Å². The zero-order valence-corrected chi connectivity index (χ0v) is 14.5. The Morgan fingerprint density at radius 3 is 2.88 bits per heavy atom. The minimum absolute atomic E-state index is 0.0366. The SMILES string of the molecule is CCc1nn(C)cc1NS(=O)(=O)c1ccc2c(c1)CCCC(=O)N2. The molecule has 0 bridgehead atoms. The molecule has 0 saturated carbocycles. The van der Waals surface area contributed by atoms with Gasteiger partial charge in [-0.15, -0.1) is 0 Å². The smallest absolute Gasteiger partial charge is 0.262 e. The molecular formula is C16H20N4O3S. The Morgan fingerprint density at radius 2 is 2.12 bits per heavy atom. The average molecular weight is 348 g/mol. The molecule has 24 heavy (non-hydrogen) atoms. The lowest BCUT2D eigenvalue weighted by atomic mass is 10.1.